The Morgan fingerprint density at radius 1 is 1.35 bits per heavy atom. The number of benzene rings is 1. The number of para-hydroxylation sites is 1. The van der Waals surface area contributed by atoms with Crippen molar-refractivity contribution in [3.8, 4) is 0 Å². The molecule has 1 aliphatic heterocycles. The van der Waals surface area contributed by atoms with E-state index in [1.54, 1.807) is 6.07 Å². The number of ketones is 1. The number of aliphatic hydroxyl groups excluding tert-OH is 1. The van der Waals surface area contributed by atoms with Gasteiger partial charge >= 0.3 is 0 Å². The first-order chi connectivity index (χ1) is 9.78. The number of nitrogens with zero attached hydrogens (tertiary/aromatic N) is 1. The molecular formula is C16H19NO3. The highest BCUT2D eigenvalue weighted by molar-refractivity contribution is 5.98. The molecule has 0 amide bonds. The zero-order chi connectivity index (χ0) is 13.9. The summed E-state index contributed by atoms with van der Waals surface area (Å²) in [5, 5.41) is 10.3. The molecule has 106 valence electrons. The van der Waals surface area contributed by atoms with Crippen LogP contribution in [0.4, 0.5) is 0 Å². The predicted octanol–water partition coefficient (Wildman–Crippen LogP) is 2.46. The van der Waals surface area contributed by atoms with Crippen molar-refractivity contribution in [2.45, 2.75) is 25.3 Å². The van der Waals surface area contributed by atoms with E-state index in [1.807, 2.05) is 24.3 Å². The van der Waals surface area contributed by atoms with E-state index in [0.29, 0.717) is 12.3 Å². The standard InChI is InChI=1S/C16H19NO3/c18-11-13-6-3-4-8-17(13)10-14(19)16-9-12-5-1-2-7-15(12)20-16/h1-2,5,7,9,13,18H,3-4,6,8,10-11H2. The third kappa shape index (κ3) is 2.62. The Kier molecular flexibility index (Phi) is 3.85. The Morgan fingerprint density at radius 2 is 2.20 bits per heavy atom. The van der Waals surface area contributed by atoms with Crippen LogP contribution in [0.1, 0.15) is 29.8 Å². The van der Waals surface area contributed by atoms with Crippen LogP contribution in [0.3, 0.4) is 0 Å². The summed E-state index contributed by atoms with van der Waals surface area (Å²) in [6, 6.07) is 9.54. The first-order valence-corrected chi connectivity index (χ1v) is 7.14. The molecule has 1 saturated heterocycles. The first-order valence-electron chi connectivity index (χ1n) is 7.14. The van der Waals surface area contributed by atoms with Crippen LogP contribution in [-0.4, -0.2) is 41.5 Å². The van der Waals surface area contributed by atoms with E-state index >= 15 is 0 Å². The zero-order valence-corrected chi connectivity index (χ0v) is 11.4. The van der Waals surface area contributed by atoms with Gasteiger partial charge in [-0.05, 0) is 31.5 Å². The lowest BCUT2D eigenvalue weighted by molar-refractivity contribution is 0.0693. The molecule has 1 aromatic heterocycles. The van der Waals surface area contributed by atoms with Crippen LogP contribution in [0, 0.1) is 0 Å². The molecule has 0 bridgehead atoms. The minimum atomic E-state index is -0.0125. The van der Waals surface area contributed by atoms with Gasteiger partial charge < -0.3 is 9.52 Å². The van der Waals surface area contributed by atoms with Crippen molar-refractivity contribution < 1.29 is 14.3 Å². The summed E-state index contributed by atoms with van der Waals surface area (Å²) in [5.41, 5.74) is 0.744. The lowest BCUT2D eigenvalue weighted by Crippen LogP contribution is -2.44. The van der Waals surface area contributed by atoms with E-state index in [-0.39, 0.29) is 18.4 Å². The van der Waals surface area contributed by atoms with Gasteiger partial charge in [-0.25, -0.2) is 0 Å². The normalized spacial score (nSPS) is 20.4. The number of Topliss-reactive ketones (excluding diaryl/α,β-unsaturated/α-hetero) is 1. The molecule has 1 N–H and O–H groups in total. The maximum atomic E-state index is 12.3. The van der Waals surface area contributed by atoms with Crippen LogP contribution in [0.2, 0.25) is 0 Å². The molecule has 0 radical (unpaired) electrons. The number of piperidine rings is 1. The van der Waals surface area contributed by atoms with Gasteiger partial charge in [0.2, 0.25) is 5.78 Å². The summed E-state index contributed by atoms with van der Waals surface area (Å²) in [6.07, 6.45) is 3.17. The number of hydrogen-bond acceptors (Lipinski definition) is 4. The summed E-state index contributed by atoms with van der Waals surface area (Å²) < 4.78 is 5.60. The van der Waals surface area contributed by atoms with E-state index in [0.717, 1.165) is 36.8 Å². The van der Waals surface area contributed by atoms with Crippen LogP contribution >= 0.6 is 0 Å². The maximum Gasteiger partial charge on any atom is 0.211 e. The van der Waals surface area contributed by atoms with Gasteiger partial charge in [-0.2, -0.15) is 0 Å². The lowest BCUT2D eigenvalue weighted by atomic mass is 10.0. The molecule has 0 aliphatic carbocycles. The van der Waals surface area contributed by atoms with Crippen LogP contribution in [0.25, 0.3) is 11.0 Å². The molecule has 0 spiro atoms. The second-order valence-corrected chi connectivity index (χ2v) is 5.37. The number of rotatable bonds is 4. The molecule has 1 aromatic carbocycles. The van der Waals surface area contributed by atoms with Crippen LogP contribution in [0.5, 0.6) is 0 Å². The topological polar surface area (TPSA) is 53.7 Å². The van der Waals surface area contributed by atoms with Crippen LogP contribution in [-0.2, 0) is 0 Å². The number of carbonyl (C=O) groups is 1. The van der Waals surface area contributed by atoms with E-state index in [4.69, 9.17) is 4.42 Å². The Labute approximate surface area is 118 Å². The molecule has 1 fully saturated rings. The van der Waals surface area contributed by atoms with Gasteiger partial charge in [0.05, 0.1) is 13.2 Å². The Bertz CT molecular complexity index is 572. The average molecular weight is 273 g/mol. The van der Waals surface area contributed by atoms with Crippen molar-refractivity contribution in [1.82, 2.24) is 4.90 Å². The minimum absolute atomic E-state index is 0.0125. The van der Waals surface area contributed by atoms with Crippen LogP contribution in [0.15, 0.2) is 34.7 Å². The highest BCUT2D eigenvalue weighted by atomic mass is 16.3. The van der Waals surface area contributed by atoms with Gasteiger partial charge in [0.25, 0.3) is 0 Å². The summed E-state index contributed by atoms with van der Waals surface area (Å²) in [5.74, 6) is 0.398. The number of aliphatic hydroxyl groups is 1. The number of likely N-dealkylation sites (tertiary alicyclic amines) is 1. The predicted molar refractivity (Wildman–Crippen MR) is 76.8 cm³/mol. The fourth-order valence-corrected chi connectivity index (χ4v) is 2.86. The Morgan fingerprint density at radius 3 is 3.00 bits per heavy atom. The third-order valence-electron chi connectivity index (χ3n) is 4.01. The average Bonchev–Trinajstić information content (AvgIpc) is 2.92. The summed E-state index contributed by atoms with van der Waals surface area (Å²) >= 11 is 0. The van der Waals surface area contributed by atoms with E-state index in [2.05, 4.69) is 4.90 Å². The largest absolute Gasteiger partial charge is 0.453 e. The summed E-state index contributed by atoms with van der Waals surface area (Å²) in [6.45, 7) is 1.32. The SMILES string of the molecule is O=C(CN1CCCCC1CO)c1cc2ccccc2o1. The van der Waals surface area contributed by atoms with Crippen molar-refractivity contribution in [1.29, 1.82) is 0 Å². The monoisotopic (exact) mass is 273 g/mol. The molecule has 1 unspecified atom stereocenters. The third-order valence-corrected chi connectivity index (χ3v) is 4.01. The van der Waals surface area contributed by atoms with Gasteiger partial charge in [0.15, 0.2) is 5.76 Å². The Hall–Kier alpha value is -1.65. The van der Waals surface area contributed by atoms with Crippen molar-refractivity contribution in [3.63, 3.8) is 0 Å². The zero-order valence-electron chi connectivity index (χ0n) is 11.4. The summed E-state index contributed by atoms with van der Waals surface area (Å²) in [4.78, 5) is 14.4. The first kappa shape index (κ1) is 13.3. The minimum Gasteiger partial charge on any atom is -0.453 e. The fourth-order valence-electron chi connectivity index (χ4n) is 2.86. The molecule has 3 rings (SSSR count). The van der Waals surface area contributed by atoms with Gasteiger partial charge in [0.1, 0.15) is 5.58 Å². The van der Waals surface area contributed by atoms with Gasteiger partial charge in [-0.3, -0.25) is 9.69 Å². The van der Waals surface area contributed by atoms with E-state index in [9.17, 15) is 9.90 Å². The second kappa shape index (κ2) is 5.77. The van der Waals surface area contributed by atoms with E-state index < -0.39 is 0 Å². The van der Waals surface area contributed by atoms with E-state index in [1.165, 1.54) is 0 Å². The van der Waals surface area contributed by atoms with Gasteiger partial charge in [-0.1, -0.05) is 24.6 Å². The molecular weight excluding hydrogens is 254 g/mol. The van der Waals surface area contributed by atoms with Crippen molar-refractivity contribution >= 4 is 16.8 Å². The lowest BCUT2D eigenvalue weighted by Gasteiger charge is -2.33. The van der Waals surface area contributed by atoms with Crippen molar-refractivity contribution in [2.24, 2.45) is 0 Å². The van der Waals surface area contributed by atoms with Gasteiger partial charge in [-0.15, -0.1) is 0 Å². The number of carbonyl (C=O) groups excluding carboxylic acids is 1. The fraction of sp³-hybridized carbons (Fsp3) is 0.438. The highest BCUT2D eigenvalue weighted by Gasteiger charge is 2.25. The highest BCUT2D eigenvalue weighted by Crippen LogP contribution is 2.21. The smallest absolute Gasteiger partial charge is 0.211 e. The second-order valence-electron chi connectivity index (χ2n) is 5.37. The maximum absolute atomic E-state index is 12.3. The molecule has 0 saturated carbocycles. The molecule has 20 heavy (non-hydrogen) atoms. The number of hydrogen-bond donors (Lipinski definition) is 1. The molecule has 4 heteroatoms. The quantitative estimate of drug-likeness (QED) is 0.869. The van der Waals surface area contributed by atoms with Gasteiger partial charge in [0, 0.05) is 11.4 Å². The molecule has 1 atom stereocenters. The number of furan rings is 1. The number of fused-ring (bicyclic) bond motifs is 1. The molecule has 1 aliphatic rings. The van der Waals surface area contributed by atoms with Crippen molar-refractivity contribution in [3.05, 3.63) is 36.1 Å². The van der Waals surface area contributed by atoms with Crippen LogP contribution < -0.4 is 0 Å². The summed E-state index contributed by atoms with van der Waals surface area (Å²) in [7, 11) is 0. The molecule has 2 heterocycles. The Balaban J connectivity index is 1.75. The molecule has 2 aromatic rings. The van der Waals surface area contributed by atoms with Crippen molar-refractivity contribution in [2.75, 3.05) is 19.7 Å². The molecule has 4 nitrogen and oxygen atoms in total.